The van der Waals surface area contributed by atoms with E-state index in [1.165, 1.54) is 63.6 Å². The zero-order valence-corrected chi connectivity index (χ0v) is 15.4. The lowest BCUT2D eigenvalue weighted by atomic mass is 9.92. The monoisotopic (exact) mass is 303 g/mol. The maximum Gasteiger partial charge on any atom is 0.00975 e. The fraction of sp³-hybridized carbons (Fsp3) is 0.714. The van der Waals surface area contributed by atoms with Crippen molar-refractivity contribution in [2.24, 2.45) is 5.92 Å². The molecule has 0 radical (unpaired) electrons. The highest BCUT2D eigenvalue weighted by Gasteiger charge is 2.18. The van der Waals surface area contributed by atoms with E-state index in [-0.39, 0.29) is 0 Å². The van der Waals surface area contributed by atoms with Gasteiger partial charge in [-0.25, -0.2) is 0 Å². The van der Waals surface area contributed by atoms with E-state index in [2.05, 4.69) is 62.9 Å². The first-order valence-electron chi connectivity index (χ1n) is 9.49. The zero-order valence-electron chi connectivity index (χ0n) is 15.4. The topological polar surface area (TPSA) is 3.24 Å². The Kier molecular flexibility index (Phi) is 10.2. The smallest absolute Gasteiger partial charge is 0.00975 e. The van der Waals surface area contributed by atoms with Gasteiger partial charge in [0.15, 0.2) is 0 Å². The molecule has 0 bridgehead atoms. The van der Waals surface area contributed by atoms with Crippen molar-refractivity contribution in [3.63, 3.8) is 0 Å². The summed E-state index contributed by atoms with van der Waals surface area (Å²) in [6, 6.07) is 11.7. The van der Waals surface area contributed by atoms with Crippen LogP contribution in [0.1, 0.15) is 71.8 Å². The van der Waals surface area contributed by atoms with Crippen LogP contribution in [0.3, 0.4) is 0 Å². The molecule has 0 spiro atoms. The fourth-order valence-electron chi connectivity index (χ4n) is 3.55. The van der Waals surface area contributed by atoms with E-state index in [4.69, 9.17) is 0 Å². The molecule has 22 heavy (non-hydrogen) atoms. The molecule has 0 saturated heterocycles. The molecule has 0 amide bonds. The number of benzene rings is 1. The van der Waals surface area contributed by atoms with Crippen LogP contribution >= 0.6 is 0 Å². The summed E-state index contributed by atoms with van der Waals surface area (Å²) >= 11 is 0. The molecule has 0 aliphatic carbocycles. The molecule has 1 unspecified atom stereocenters. The van der Waals surface area contributed by atoms with Crippen molar-refractivity contribution in [1.82, 2.24) is 4.90 Å². The second kappa shape index (κ2) is 11.7. The van der Waals surface area contributed by atoms with Crippen LogP contribution in [0.5, 0.6) is 0 Å². The molecule has 1 nitrogen and oxygen atoms in total. The SMILES string of the molecule is CCCC(C[C@@H](C)CCCc1ccccc1)N(CC)CCC. The lowest BCUT2D eigenvalue weighted by molar-refractivity contribution is 0.166. The molecule has 0 aliphatic rings. The summed E-state index contributed by atoms with van der Waals surface area (Å²) in [6.07, 6.45) is 9.23. The van der Waals surface area contributed by atoms with Crippen LogP contribution in [0.25, 0.3) is 0 Å². The van der Waals surface area contributed by atoms with Crippen LogP contribution in [0.2, 0.25) is 0 Å². The van der Waals surface area contributed by atoms with Gasteiger partial charge >= 0.3 is 0 Å². The highest BCUT2D eigenvalue weighted by Crippen LogP contribution is 2.21. The Morgan fingerprint density at radius 1 is 0.955 bits per heavy atom. The first-order valence-corrected chi connectivity index (χ1v) is 9.49. The van der Waals surface area contributed by atoms with Crippen molar-refractivity contribution < 1.29 is 0 Å². The van der Waals surface area contributed by atoms with Crippen LogP contribution in [0, 0.1) is 5.92 Å². The molecule has 1 rings (SSSR count). The molecule has 1 heteroatoms. The molecule has 0 heterocycles. The Bertz CT molecular complexity index is 359. The van der Waals surface area contributed by atoms with Crippen LogP contribution in [-0.2, 0) is 6.42 Å². The van der Waals surface area contributed by atoms with Crippen molar-refractivity contribution in [2.45, 2.75) is 78.7 Å². The third kappa shape index (κ3) is 7.45. The third-order valence-electron chi connectivity index (χ3n) is 4.73. The van der Waals surface area contributed by atoms with Crippen LogP contribution in [-0.4, -0.2) is 24.0 Å². The van der Waals surface area contributed by atoms with Crippen molar-refractivity contribution in [3.05, 3.63) is 35.9 Å². The molecule has 1 aromatic carbocycles. The third-order valence-corrected chi connectivity index (χ3v) is 4.73. The van der Waals surface area contributed by atoms with Gasteiger partial charge in [0.1, 0.15) is 0 Å². The molecule has 0 N–H and O–H groups in total. The lowest BCUT2D eigenvalue weighted by Crippen LogP contribution is -2.37. The number of rotatable bonds is 12. The predicted molar refractivity (Wildman–Crippen MR) is 99.4 cm³/mol. The van der Waals surface area contributed by atoms with Gasteiger partial charge in [-0.3, -0.25) is 0 Å². The van der Waals surface area contributed by atoms with Crippen LogP contribution in [0.4, 0.5) is 0 Å². The summed E-state index contributed by atoms with van der Waals surface area (Å²) in [5.74, 6) is 0.839. The minimum Gasteiger partial charge on any atom is -0.301 e. The summed E-state index contributed by atoms with van der Waals surface area (Å²) in [5, 5.41) is 0. The van der Waals surface area contributed by atoms with Gasteiger partial charge in [0.25, 0.3) is 0 Å². The summed E-state index contributed by atoms with van der Waals surface area (Å²) in [6.45, 7) is 11.9. The summed E-state index contributed by atoms with van der Waals surface area (Å²) in [4.78, 5) is 2.71. The van der Waals surface area contributed by atoms with Gasteiger partial charge in [-0.05, 0) is 56.7 Å². The molecular weight excluding hydrogens is 266 g/mol. The van der Waals surface area contributed by atoms with Gasteiger partial charge < -0.3 is 4.90 Å². The standard InChI is InChI=1S/C21H37N/c1-5-12-21(22(7-3)17-6-2)18-19(4)13-11-16-20-14-9-8-10-15-20/h8-10,14-15,19,21H,5-7,11-13,16-18H2,1-4H3/t19-,21?/m0/s1. The summed E-state index contributed by atoms with van der Waals surface area (Å²) in [5.41, 5.74) is 1.49. The van der Waals surface area contributed by atoms with Crippen molar-refractivity contribution in [3.8, 4) is 0 Å². The Hall–Kier alpha value is -0.820. The molecular formula is C21H37N. The number of hydrogen-bond acceptors (Lipinski definition) is 1. The van der Waals surface area contributed by atoms with Gasteiger partial charge in [0, 0.05) is 6.04 Å². The summed E-state index contributed by atoms with van der Waals surface area (Å²) < 4.78 is 0. The average Bonchev–Trinajstić information content (AvgIpc) is 2.53. The maximum atomic E-state index is 2.71. The maximum absolute atomic E-state index is 2.71. The van der Waals surface area contributed by atoms with E-state index >= 15 is 0 Å². The van der Waals surface area contributed by atoms with Crippen LogP contribution < -0.4 is 0 Å². The van der Waals surface area contributed by atoms with Gasteiger partial charge in [-0.2, -0.15) is 0 Å². The van der Waals surface area contributed by atoms with Crippen LogP contribution in [0.15, 0.2) is 30.3 Å². The van der Waals surface area contributed by atoms with Gasteiger partial charge in [0.05, 0.1) is 0 Å². The number of hydrogen-bond donors (Lipinski definition) is 0. The van der Waals surface area contributed by atoms with E-state index in [9.17, 15) is 0 Å². The number of nitrogens with zero attached hydrogens (tertiary/aromatic N) is 1. The Balaban J connectivity index is 2.37. The Labute approximate surface area is 139 Å². The second-order valence-corrected chi connectivity index (χ2v) is 6.79. The van der Waals surface area contributed by atoms with Crippen molar-refractivity contribution >= 4 is 0 Å². The first-order chi connectivity index (χ1) is 10.7. The molecule has 0 fully saturated rings. The van der Waals surface area contributed by atoms with Gasteiger partial charge in [0.2, 0.25) is 0 Å². The average molecular weight is 304 g/mol. The lowest BCUT2D eigenvalue weighted by Gasteiger charge is -2.32. The van der Waals surface area contributed by atoms with E-state index in [0.29, 0.717) is 0 Å². The zero-order chi connectivity index (χ0) is 16.2. The van der Waals surface area contributed by atoms with Crippen molar-refractivity contribution in [2.75, 3.05) is 13.1 Å². The minimum absolute atomic E-state index is 0.793. The summed E-state index contributed by atoms with van der Waals surface area (Å²) in [7, 11) is 0. The molecule has 0 aliphatic heterocycles. The second-order valence-electron chi connectivity index (χ2n) is 6.79. The molecule has 126 valence electrons. The number of aryl methyl sites for hydroxylation is 1. The van der Waals surface area contributed by atoms with E-state index in [1.54, 1.807) is 0 Å². The largest absolute Gasteiger partial charge is 0.301 e. The van der Waals surface area contributed by atoms with Gasteiger partial charge in [-0.1, -0.05) is 70.9 Å². The molecule has 0 aromatic heterocycles. The minimum atomic E-state index is 0.793. The molecule has 1 aromatic rings. The quantitative estimate of drug-likeness (QED) is 0.462. The normalized spacial score (nSPS) is 14.2. The first kappa shape index (κ1) is 19.2. The highest BCUT2D eigenvalue weighted by atomic mass is 15.1. The van der Waals surface area contributed by atoms with E-state index in [0.717, 1.165) is 12.0 Å². The molecule has 0 saturated carbocycles. The van der Waals surface area contributed by atoms with Crippen molar-refractivity contribution in [1.29, 1.82) is 0 Å². The fourth-order valence-corrected chi connectivity index (χ4v) is 3.55. The Morgan fingerprint density at radius 3 is 2.27 bits per heavy atom. The van der Waals surface area contributed by atoms with Gasteiger partial charge in [-0.15, -0.1) is 0 Å². The predicted octanol–water partition coefficient (Wildman–Crippen LogP) is 5.94. The van der Waals surface area contributed by atoms with E-state index < -0.39 is 0 Å². The highest BCUT2D eigenvalue weighted by molar-refractivity contribution is 5.14. The Morgan fingerprint density at radius 2 is 1.68 bits per heavy atom. The molecule has 2 atom stereocenters. The van der Waals surface area contributed by atoms with E-state index in [1.807, 2.05) is 0 Å².